The lowest BCUT2D eigenvalue weighted by Gasteiger charge is -2.03. The lowest BCUT2D eigenvalue weighted by molar-refractivity contribution is -0.385. The number of nitro groups is 1. The summed E-state index contributed by atoms with van der Waals surface area (Å²) in [4.78, 5) is 25.7. The van der Waals surface area contributed by atoms with E-state index in [4.69, 9.17) is 0 Å². The molecule has 0 saturated heterocycles. The Morgan fingerprint density at radius 3 is 2.73 bits per heavy atom. The molecule has 0 radical (unpaired) electrons. The number of aromatic nitrogens is 1. The molecule has 8 heteroatoms. The minimum atomic E-state index is -0.685. The summed E-state index contributed by atoms with van der Waals surface area (Å²) in [6.07, 6.45) is 4.08. The van der Waals surface area contributed by atoms with Crippen LogP contribution in [-0.2, 0) is 0 Å². The number of pyridine rings is 1. The topological polar surface area (TPSA) is 118 Å². The fourth-order valence-electron chi connectivity index (χ4n) is 1.75. The number of nitrogens with one attached hydrogen (secondary N) is 1. The van der Waals surface area contributed by atoms with Crippen LogP contribution >= 0.6 is 0 Å². The van der Waals surface area contributed by atoms with Crippen LogP contribution in [0.3, 0.4) is 0 Å². The van der Waals surface area contributed by atoms with Crippen LogP contribution in [0, 0.1) is 17.0 Å². The first-order chi connectivity index (χ1) is 10.5. The molecule has 0 fully saturated rings. The van der Waals surface area contributed by atoms with Crippen molar-refractivity contribution in [3.05, 3.63) is 63.5 Å². The van der Waals surface area contributed by atoms with E-state index in [1.54, 1.807) is 6.92 Å². The van der Waals surface area contributed by atoms with Gasteiger partial charge in [-0.2, -0.15) is 5.10 Å². The third-order valence-corrected chi connectivity index (χ3v) is 2.77. The molecule has 0 spiro atoms. The molecule has 2 N–H and O–H groups in total. The number of aromatic hydroxyl groups is 1. The van der Waals surface area contributed by atoms with Crippen LogP contribution in [0.2, 0.25) is 0 Å². The quantitative estimate of drug-likeness (QED) is 0.507. The molecule has 1 aromatic heterocycles. The average molecular weight is 300 g/mol. The minimum absolute atomic E-state index is 0.140. The first kappa shape index (κ1) is 15.1. The summed E-state index contributed by atoms with van der Waals surface area (Å²) in [5.41, 5.74) is 2.95. The number of carbonyl (C=O) groups is 1. The zero-order valence-electron chi connectivity index (χ0n) is 11.6. The Morgan fingerprint density at radius 2 is 2.09 bits per heavy atom. The summed E-state index contributed by atoms with van der Waals surface area (Å²) in [5, 5.41) is 24.3. The van der Waals surface area contributed by atoms with Gasteiger partial charge in [0.2, 0.25) is 5.75 Å². The molecule has 0 saturated carbocycles. The van der Waals surface area contributed by atoms with Crippen LogP contribution in [0.1, 0.15) is 21.5 Å². The van der Waals surface area contributed by atoms with Crippen LogP contribution in [0.5, 0.6) is 5.75 Å². The van der Waals surface area contributed by atoms with Gasteiger partial charge < -0.3 is 5.11 Å². The van der Waals surface area contributed by atoms with Gasteiger partial charge in [0, 0.05) is 29.6 Å². The van der Waals surface area contributed by atoms with Gasteiger partial charge in [-0.3, -0.25) is 19.9 Å². The van der Waals surface area contributed by atoms with Gasteiger partial charge in [-0.15, -0.1) is 0 Å². The molecule has 0 aliphatic rings. The largest absolute Gasteiger partial charge is 0.502 e. The average Bonchev–Trinajstić information content (AvgIpc) is 2.50. The molecule has 0 atom stereocenters. The van der Waals surface area contributed by atoms with Crippen molar-refractivity contribution >= 4 is 17.8 Å². The number of aryl methyl sites for hydroxylation is 1. The fourth-order valence-corrected chi connectivity index (χ4v) is 1.75. The van der Waals surface area contributed by atoms with E-state index in [1.165, 1.54) is 36.7 Å². The standard InChI is InChI=1S/C14H12N4O4/c1-9-6-11(13(19)12(7-9)18(21)22)8-16-17-14(20)10-2-4-15-5-3-10/h2-8,19H,1H3,(H,17,20)/b16-8-. The number of rotatable bonds is 4. The van der Waals surface area contributed by atoms with E-state index in [1.807, 2.05) is 0 Å². The predicted octanol–water partition coefficient (Wildman–Crippen LogP) is 1.77. The molecule has 2 aromatic rings. The number of hydrogen-bond acceptors (Lipinski definition) is 6. The SMILES string of the molecule is Cc1cc(/C=N\NC(=O)c2ccncc2)c(O)c([N+](=O)[O-])c1. The molecule has 1 heterocycles. The summed E-state index contributed by atoms with van der Waals surface area (Å²) in [5.74, 6) is -0.960. The molecule has 112 valence electrons. The van der Waals surface area contributed by atoms with Gasteiger partial charge in [0.1, 0.15) is 0 Å². The summed E-state index contributed by atoms with van der Waals surface area (Å²) in [6, 6.07) is 5.80. The van der Waals surface area contributed by atoms with Gasteiger partial charge in [0.25, 0.3) is 5.91 Å². The monoisotopic (exact) mass is 300 g/mol. The number of phenols is 1. The highest BCUT2D eigenvalue weighted by Gasteiger charge is 2.17. The summed E-state index contributed by atoms with van der Waals surface area (Å²) < 4.78 is 0. The lowest BCUT2D eigenvalue weighted by atomic mass is 10.1. The summed E-state index contributed by atoms with van der Waals surface area (Å²) in [6.45, 7) is 1.65. The Hall–Kier alpha value is -3.29. The van der Waals surface area contributed by atoms with Gasteiger partial charge in [0.15, 0.2) is 0 Å². The molecule has 22 heavy (non-hydrogen) atoms. The van der Waals surface area contributed by atoms with Crippen molar-refractivity contribution < 1.29 is 14.8 Å². The Labute approximate surface area is 125 Å². The van der Waals surface area contributed by atoms with E-state index < -0.39 is 22.3 Å². The third-order valence-electron chi connectivity index (χ3n) is 2.77. The van der Waals surface area contributed by atoms with Crippen LogP contribution in [0.4, 0.5) is 5.69 Å². The number of nitrogens with zero attached hydrogens (tertiary/aromatic N) is 3. The smallest absolute Gasteiger partial charge is 0.311 e. The van der Waals surface area contributed by atoms with Crippen molar-refractivity contribution in [1.82, 2.24) is 10.4 Å². The predicted molar refractivity (Wildman–Crippen MR) is 78.8 cm³/mol. The number of carbonyl (C=O) groups excluding carboxylic acids is 1. The molecule has 1 aromatic carbocycles. The molecule has 0 bridgehead atoms. The van der Waals surface area contributed by atoms with Crippen LogP contribution in [-0.4, -0.2) is 27.1 Å². The van der Waals surface area contributed by atoms with E-state index in [9.17, 15) is 20.0 Å². The van der Waals surface area contributed by atoms with E-state index in [0.29, 0.717) is 11.1 Å². The van der Waals surface area contributed by atoms with Crippen molar-refractivity contribution in [3.63, 3.8) is 0 Å². The maximum Gasteiger partial charge on any atom is 0.311 e. The third kappa shape index (κ3) is 3.42. The van der Waals surface area contributed by atoms with E-state index in [2.05, 4.69) is 15.5 Å². The number of benzene rings is 1. The summed E-state index contributed by atoms with van der Waals surface area (Å²) in [7, 11) is 0. The maximum absolute atomic E-state index is 11.7. The molecule has 0 aliphatic heterocycles. The first-order valence-corrected chi connectivity index (χ1v) is 6.20. The minimum Gasteiger partial charge on any atom is -0.502 e. The van der Waals surface area contributed by atoms with Gasteiger partial charge in [0.05, 0.1) is 11.1 Å². The number of phenolic OH excluding ortho intramolecular Hbond substituents is 1. The van der Waals surface area contributed by atoms with E-state index in [0.717, 1.165) is 6.21 Å². The first-order valence-electron chi connectivity index (χ1n) is 6.20. The Bertz CT molecular complexity index is 744. The van der Waals surface area contributed by atoms with Crippen LogP contribution in [0.25, 0.3) is 0 Å². The highest BCUT2D eigenvalue weighted by atomic mass is 16.6. The Kier molecular flexibility index (Phi) is 4.42. The van der Waals surface area contributed by atoms with Gasteiger partial charge >= 0.3 is 5.69 Å². The number of amides is 1. The van der Waals surface area contributed by atoms with Crippen molar-refractivity contribution in [3.8, 4) is 5.75 Å². The molecule has 1 amide bonds. The highest BCUT2D eigenvalue weighted by Crippen LogP contribution is 2.29. The second-order valence-corrected chi connectivity index (χ2v) is 4.41. The number of nitro benzene ring substituents is 1. The molecule has 2 rings (SSSR count). The maximum atomic E-state index is 11.7. The van der Waals surface area contributed by atoms with E-state index in [-0.39, 0.29) is 5.56 Å². The fraction of sp³-hybridized carbons (Fsp3) is 0.0714. The van der Waals surface area contributed by atoms with E-state index >= 15 is 0 Å². The van der Waals surface area contributed by atoms with Gasteiger partial charge in [-0.25, -0.2) is 5.43 Å². The zero-order chi connectivity index (χ0) is 16.1. The number of hydrogen-bond donors (Lipinski definition) is 2. The van der Waals surface area contributed by atoms with Crippen molar-refractivity contribution in [2.45, 2.75) is 6.92 Å². The van der Waals surface area contributed by atoms with Crippen LogP contribution in [0.15, 0.2) is 41.8 Å². The summed E-state index contributed by atoms with van der Waals surface area (Å²) >= 11 is 0. The van der Waals surface area contributed by atoms with Crippen molar-refractivity contribution in [1.29, 1.82) is 0 Å². The second kappa shape index (κ2) is 6.44. The van der Waals surface area contributed by atoms with Gasteiger partial charge in [-0.05, 0) is 30.7 Å². The van der Waals surface area contributed by atoms with Crippen LogP contribution < -0.4 is 5.43 Å². The van der Waals surface area contributed by atoms with Gasteiger partial charge in [-0.1, -0.05) is 0 Å². The Morgan fingerprint density at radius 1 is 1.41 bits per heavy atom. The molecular weight excluding hydrogens is 288 g/mol. The van der Waals surface area contributed by atoms with Crippen molar-refractivity contribution in [2.75, 3.05) is 0 Å². The molecule has 0 unspecified atom stereocenters. The van der Waals surface area contributed by atoms with Crippen molar-refractivity contribution in [2.24, 2.45) is 5.10 Å². The lowest BCUT2D eigenvalue weighted by Crippen LogP contribution is -2.17. The Balaban J connectivity index is 2.17. The highest BCUT2D eigenvalue weighted by molar-refractivity contribution is 5.95. The number of hydrazone groups is 1. The zero-order valence-corrected chi connectivity index (χ0v) is 11.6. The molecular formula is C14H12N4O4. The second-order valence-electron chi connectivity index (χ2n) is 4.41. The molecule has 8 nitrogen and oxygen atoms in total. The normalized spacial score (nSPS) is 10.6. The molecule has 0 aliphatic carbocycles.